The fourth-order valence-corrected chi connectivity index (χ4v) is 3.11. The fraction of sp³-hybridized carbons (Fsp3) is 0.647. The Labute approximate surface area is 112 Å². The Kier molecular flexibility index (Phi) is 3.55. The molecule has 18 heavy (non-hydrogen) atoms. The average Bonchev–Trinajstić information content (AvgIpc) is 2.27. The van der Waals surface area contributed by atoms with E-state index >= 15 is 0 Å². The average molecular weight is 245 g/mol. The van der Waals surface area contributed by atoms with Crippen LogP contribution in [-0.2, 0) is 12.0 Å². The molecule has 0 saturated carbocycles. The third-order valence-corrected chi connectivity index (χ3v) is 4.73. The van der Waals surface area contributed by atoms with Crippen molar-refractivity contribution in [3.05, 3.63) is 34.9 Å². The summed E-state index contributed by atoms with van der Waals surface area (Å²) >= 11 is 0. The van der Waals surface area contributed by atoms with E-state index in [4.69, 9.17) is 0 Å². The van der Waals surface area contributed by atoms with Crippen LogP contribution in [0, 0.1) is 5.92 Å². The molecule has 0 saturated heterocycles. The molecular formula is C17H27N. The van der Waals surface area contributed by atoms with Crippen molar-refractivity contribution in [2.75, 3.05) is 13.6 Å². The minimum absolute atomic E-state index is 0.285. The zero-order valence-electron chi connectivity index (χ0n) is 12.7. The molecule has 0 spiro atoms. The van der Waals surface area contributed by atoms with E-state index in [1.807, 2.05) is 0 Å². The van der Waals surface area contributed by atoms with E-state index < -0.39 is 0 Å². The summed E-state index contributed by atoms with van der Waals surface area (Å²) < 4.78 is 0. The van der Waals surface area contributed by atoms with Gasteiger partial charge >= 0.3 is 0 Å². The van der Waals surface area contributed by atoms with Crippen molar-refractivity contribution < 1.29 is 0 Å². The standard InChI is InChI=1S/C17H27N/c1-12(2)14-7-8-15-10-18(6)11-17(5,13(3)4)16(15)9-14/h7-9,12-13H,10-11H2,1-6H3. The molecule has 1 unspecified atom stereocenters. The molecule has 100 valence electrons. The van der Waals surface area contributed by atoms with Crippen LogP contribution in [0.1, 0.15) is 57.2 Å². The first-order valence-corrected chi connectivity index (χ1v) is 7.16. The van der Waals surface area contributed by atoms with Crippen LogP contribution in [-0.4, -0.2) is 18.5 Å². The van der Waals surface area contributed by atoms with Gasteiger partial charge in [0.1, 0.15) is 0 Å². The van der Waals surface area contributed by atoms with Crippen LogP contribution < -0.4 is 0 Å². The highest BCUT2D eigenvalue weighted by molar-refractivity contribution is 5.41. The first-order valence-electron chi connectivity index (χ1n) is 7.16. The van der Waals surface area contributed by atoms with E-state index in [1.54, 1.807) is 5.56 Å². The van der Waals surface area contributed by atoms with Crippen LogP contribution >= 0.6 is 0 Å². The zero-order chi connectivity index (χ0) is 13.5. The fourth-order valence-electron chi connectivity index (χ4n) is 3.11. The van der Waals surface area contributed by atoms with Crippen molar-refractivity contribution in [1.29, 1.82) is 0 Å². The topological polar surface area (TPSA) is 3.24 Å². The van der Waals surface area contributed by atoms with Gasteiger partial charge < -0.3 is 4.90 Å². The first kappa shape index (κ1) is 13.6. The SMILES string of the molecule is CC(C)c1ccc2c(c1)C(C)(C(C)C)CN(C)C2. The quantitative estimate of drug-likeness (QED) is 0.756. The number of benzene rings is 1. The Morgan fingerprint density at radius 1 is 1.17 bits per heavy atom. The smallest absolute Gasteiger partial charge is 0.0234 e. The van der Waals surface area contributed by atoms with Crippen LogP contribution in [0.25, 0.3) is 0 Å². The lowest BCUT2D eigenvalue weighted by Gasteiger charge is -2.44. The molecule has 2 rings (SSSR count). The molecule has 0 aliphatic carbocycles. The van der Waals surface area contributed by atoms with Gasteiger partial charge in [0.2, 0.25) is 0 Å². The van der Waals surface area contributed by atoms with Crippen molar-refractivity contribution in [1.82, 2.24) is 4.90 Å². The highest BCUT2D eigenvalue weighted by Gasteiger charge is 2.37. The lowest BCUT2D eigenvalue weighted by Crippen LogP contribution is -2.45. The van der Waals surface area contributed by atoms with Crippen LogP contribution in [0.2, 0.25) is 0 Å². The molecule has 1 aromatic carbocycles. The Balaban J connectivity index is 2.54. The molecule has 0 aromatic heterocycles. The van der Waals surface area contributed by atoms with E-state index in [9.17, 15) is 0 Å². The van der Waals surface area contributed by atoms with Crippen molar-refractivity contribution in [3.8, 4) is 0 Å². The summed E-state index contributed by atoms with van der Waals surface area (Å²) in [7, 11) is 2.24. The lowest BCUT2D eigenvalue weighted by atomic mass is 9.69. The summed E-state index contributed by atoms with van der Waals surface area (Å²) in [5, 5.41) is 0. The van der Waals surface area contributed by atoms with Gasteiger partial charge in [-0.1, -0.05) is 52.8 Å². The number of hydrogen-bond acceptors (Lipinski definition) is 1. The maximum Gasteiger partial charge on any atom is 0.0234 e. The maximum atomic E-state index is 2.47. The molecule has 0 bridgehead atoms. The molecule has 0 N–H and O–H groups in total. The van der Waals surface area contributed by atoms with Gasteiger partial charge in [-0.2, -0.15) is 0 Å². The van der Waals surface area contributed by atoms with Gasteiger partial charge in [0.15, 0.2) is 0 Å². The monoisotopic (exact) mass is 245 g/mol. The highest BCUT2D eigenvalue weighted by atomic mass is 15.1. The van der Waals surface area contributed by atoms with Gasteiger partial charge in [0, 0.05) is 18.5 Å². The van der Waals surface area contributed by atoms with E-state index in [2.05, 4.69) is 64.8 Å². The molecule has 0 radical (unpaired) electrons. The second kappa shape index (κ2) is 4.70. The predicted molar refractivity (Wildman–Crippen MR) is 79.1 cm³/mol. The Morgan fingerprint density at radius 3 is 2.39 bits per heavy atom. The maximum absolute atomic E-state index is 2.47. The molecule has 1 aliphatic rings. The van der Waals surface area contributed by atoms with Crippen LogP contribution in [0.5, 0.6) is 0 Å². The third-order valence-electron chi connectivity index (χ3n) is 4.73. The van der Waals surface area contributed by atoms with Gasteiger partial charge in [-0.3, -0.25) is 0 Å². The Hall–Kier alpha value is -0.820. The lowest BCUT2D eigenvalue weighted by molar-refractivity contribution is 0.181. The summed E-state index contributed by atoms with van der Waals surface area (Å²) in [6.07, 6.45) is 0. The Bertz CT molecular complexity index is 433. The number of likely N-dealkylation sites (N-methyl/N-ethyl adjacent to an activating group) is 1. The summed E-state index contributed by atoms with van der Waals surface area (Å²) in [5.74, 6) is 1.28. The number of fused-ring (bicyclic) bond motifs is 1. The molecule has 1 heteroatoms. The molecule has 1 nitrogen and oxygen atoms in total. The minimum atomic E-state index is 0.285. The molecule has 1 aliphatic heterocycles. The predicted octanol–water partition coefficient (Wildman–Crippen LogP) is 4.17. The zero-order valence-corrected chi connectivity index (χ0v) is 12.7. The van der Waals surface area contributed by atoms with Crippen LogP contribution in [0.15, 0.2) is 18.2 Å². The van der Waals surface area contributed by atoms with Crippen molar-refractivity contribution in [2.45, 2.75) is 52.5 Å². The summed E-state index contributed by atoms with van der Waals surface area (Å²) in [5.41, 5.74) is 4.86. The second-order valence-electron chi connectivity index (χ2n) is 6.82. The number of hydrogen-bond donors (Lipinski definition) is 0. The van der Waals surface area contributed by atoms with E-state index in [1.165, 1.54) is 17.7 Å². The molecule has 1 atom stereocenters. The van der Waals surface area contributed by atoms with E-state index in [0.717, 1.165) is 6.54 Å². The van der Waals surface area contributed by atoms with E-state index in [0.29, 0.717) is 11.8 Å². The number of rotatable bonds is 2. The third kappa shape index (κ3) is 2.21. The Morgan fingerprint density at radius 2 is 1.83 bits per heavy atom. The van der Waals surface area contributed by atoms with Gasteiger partial charge in [-0.25, -0.2) is 0 Å². The van der Waals surface area contributed by atoms with Gasteiger partial charge in [-0.15, -0.1) is 0 Å². The van der Waals surface area contributed by atoms with Crippen LogP contribution in [0.3, 0.4) is 0 Å². The van der Waals surface area contributed by atoms with Crippen molar-refractivity contribution >= 4 is 0 Å². The summed E-state index contributed by atoms with van der Waals surface area (Å²) in [4.78, 5) is 2.46. The van der Waals surface area contributed by atoms with Crippen LogP contribution in [0.4, 0.5) is 0 Å². The minimum Gasteiger partial charge on any atom is -0.301 e. The summed E-state index contributed by atoms with van der Waals surface area (Å²) in [6, 6.07) is 7.12. The molecule has 0 fully saturated rings. The van der Waals surface area contributed by atoms with Gasteiger partial charge in [0.25, 0.3) is 0 Å². The van der Waals surface area contributed by atoms with Crippen molar-refractivity contribution in [3.63, 3.8) is 0 Å². The largest absolute Gasteiger partial charge is 0.301 e. The highest BCUT2D eigenvalue weighted by Crippen LogP contribution is 2.39. The molecule has 1 heterocycles. The normalized spacial score (nSPS) is 24.7. The first-order chi connectivity index (χ1) is 8.34. The van der Waals surface area contributed by atoms with Gasteiger partial charge in [0.05, 0.1) is 0 Å². The van der Waals surface area contributed by atoms with E-state index in [-0.39, 0.29) is 5.41 Å². The van der Waals surface area contributed by atoms with Gasteiger partial charge in [-0.05, 0) is 35.6 Å². The molecule has 0 amide bonds. The molecular weight excluding hydrogens is 218 g/mol. The second-order valence-corrected chi connectivity index (χ2v) is 6.82. The van der Waals surface area contributed by atoms with Crippen molar-refractivity contribution in [2.24, 2.45) is 5.92 Å². The molecule has 1 aromatic rings. The summed E-state index contributed by atoms with van der Waals surface area (Å²) in [6.45, 7) is 14.0. The number of nitrogens with zero attached hydrogens (tertiary/aromatic N) is 1.